The number of anilines is 1. The Balaban J connectivity index is 2.28. The van der Waals surface area contributed by atoms with Gasteiger partial charge in [0.25, 0.3) is 0 Å². The first kappa shape index (κ1) is 16.9. The molecule has 1 aromatic heterocycles. The van der Waals surface area contributed by atoms with Crippen molar-refractivity contribution in [3.05, 3.63) is 24.0 Å². The van der Waals surface area contributed by atoms with Gasteiger partial charge in [0, 0.05) is 26.7 Å². The topological polar surface area (TPSA) is 104 Å². The third-order valence-corrected chi connectivity index (χ3v) is 2.70. The van der Waals surface area contributed by atoms with Gasteiger partial charge in [-0.3, -0.25) is 0 Å². The molecule has 1 aromatic rings. The van der Waals surface area contributed by atoms with Gasteiger partial charge in [-0.25, -0.2) is 14.6 Å². The maximum atomic E-state index is 11.6. The fraction of sp³-hybridized carbons (Fsp3) is 0.462. The van der Waals surface area contributed by atoms with E-state index in [0.29, 0.717) is 25.4 Å². The Labute approximate surface area is 123 Å². The zero-order chi connectivity index (χ0) is 15.7. The van der Waals surface area contributed by atoms with Crippen LogP contribution in [-0.4, -0.2) is 67.4 Å². The predicted molar refractivity (Wildman–Crippen MR) is 77.6 cm³/mol. The molecule has 0 atom stereocenters. The van der Waals surface area contributed by atoms with Crippen molar-refractivity contribution >= 4 is 17.7 Å². The van der Waals surface area contributed by atoms with Gasteiger partial charge >= 0.3 is 12.0 Å². The van der Waals surface area contributed by atoms with Gasteiger partial charge in [0.05, 0.1) is 18.5 Å². The number of urea groups is 1. The summed E-state index contributed by atoms with van der Waals surface area (Å²) in [4.78, 5) is 28.0. The molecule has 0 fully saturated rings. The maximum Gasteiger partial charge on any atom is 0.354 e. The number of likely N-dealkylation sites (N-methyl/N-ethyl adjacent to an activating group) is 1. The molecule has 0 radical (unpaired) electrons. The number of methoxy groups -OCH3 is 1. The largest absolute Gasteiger partial charge is 0.477 e. The second kappa shape index (κ2) is 8.88. The van der Waals surface area contributed by atoms with Crippen LogP contribution in [-0.2, 0) is 4.74 Å². The van der Waals surface area contributed by atoms with Crippen LogP contribution in [0.1, 0.15) is 10.5 Å². The number of ether oxygens (including phenoxy) is 1. The molecule has 0 saturated heterocycles. The van der Waals surface area contributed by atoms with Crippen LogP contribution >= 0.6 is 0 Å². The van der Waals surface area contributed by atoms with Gasteiger partial charge in [0.1, 0.15) is 5.69 Å². The van der Waals surface area contributed by atoms with E-state index < -0.39 is 5.97 Å². The van der Waals surface area contributed by atoms with Crippen LogP contribution in [0.15, 0.2) is 18.3 Å². The molecule has 1 heterocycles. The molecule has 0 bridgehead atoms. The van der Waals surface area contributed by atoms with E-state index in [1.807, 2.05) is 11.9 Å². The van der Waals surface area contributed by atoms with Crippen molar-refractivity contribution in [2.45, 2.75) is 0 Å². The highest BCUT2D eigenvalue weighted by Gasteiger charge is 2.06. The number of amides is 2. The highest BCUT2D eigenvalue weighted by molar-refractivity contribution is 5.90. The number of carboxylic acid groups (broad SMARTS) is 1. The van der Waals surface area contributed by atoms with E-state index in [2.05, 4.69) is 15.6 Å². The summed E-state index contributed by atoms with van der Waals surface area (Å²) >= 11 is 0. The summed E-state index contributed by atoms with van der Waals surface area (Å²) < 4.78 is 4.96. The molecule has 0 aliphatic heterocycles. The average molecular weight is 296 g/mol. The smallest absolute Gasteiger partial charge is 0.354 e. The van der Waals surface area contributed by atoms with Crippen LogP contribution in [0.25, 0.3) is 0 Å². The normalized spacial score (nSPS) is 10.4. The third-order valence-electron chi connectivity index (χ3n) is 2.70. The van der Waals surface area contributed by atoms with Gasteiger partial charge in [0.15, 0.2) is 0 Å². The Morgan fingerprint density at radius 1 is 1.38 bits per heavy atom. The van der Waals surface area contributed by atoms with Gasteiger partial charge in [-0.15, -0.1) is 0 Å². The summed E-state index contributed by atoms with van der Waals surface area (Å²) in [6.07, 6.45) is 1.30. The van der Waals surface area contributed by atoms with E-state index >= 15 is 0 Å². The van der Waals surface area contributed by atoms with Crippen LogP contribution in [0.3, 0.4) is 0 Å². The van der Waals surface area contributed by atoms with E-state index in [9.17, 15) is 9.59 Å². The minimum Gasteiger partial charge on any atom is -0.477 e. The molecule has 116 valence electrons. The molecule has 1 rings (SSSR count). The summed E-state index contributed by atoms with van der Waals surface area (Å²) in [6, 6.07) is 2.46. The first-order valence-electron chi connectivity index (χ1n) is 6.44. The van der Waals surface area contributed by atoms with Crippen LogP contribution in [0.4, 0.5) is 10.5 Å². The molecule has 0 unspecified atom stereocenters. The van der Waals surface area contributed by atoms with Crippen LogP contribution in [0, 0.1) is 0 Å². The first-order chi connectivity index (χ1) is 10.0. The summed E-state index contributed by atoms with van der Waals surface area (Å²) in [6.45, 7) is 2.63. The molecule has 0 aromatic carbocycles. The SMILES string of the molecule is COCCN(C)CCNC(=O)Nc1ccc(C(=O)O)nc1. The molecular formula is C13H20N4O4. The molecule has 0 aliphatic rings. The van der Waals surface area contributed by atoms with Crippen molar-refractivity contribution < 1.29 is 19.4 Å². The number of aromatic carboxylic acids is 1. The van der Waals surface area contributed by atoms with Gasteiger partial charge in [0.2, 0.25) is 0 Å². The van der Waals surface area contributed by atoms with Crippen molar-refractivity contribution in [3.8, 4) is 0 Å². The molecule has 21 heavy (non-hydrogen) atoms. The number of nitrogens with zero attached hydrogens (tertiary/aromatic N) is 2. The lowest BCUT2D eigenvalue weighted by Gasteiger charge is -2.16. The minimum atomic E-state index is -1.11. The highest BCUT2D eigenvalue weighted by atomic mass is 16.5. The lowest BCUT2D eigenvalue weighted by Crippen LogP contribution is -2.36. The summed E-state index contributed by atoms with van der Waals surface area (Å²) in [7, 11) is 3.58. The lowest BCUT2D eigenvalue weighted by atomic mass is 10.3. The Morgan fingerprint density at radius 3 is 2.71 bits per heavy atom. The Bertz CT molecular complexity index is 464. The number of rotatable bonds is 8. The number of hydrogen-bond donors (Lipinski definition) is 3. The number of carbonyl (C=O) groups excluding carboxylic acids is 1. The fourth-order valence-corrected chi connectivity index (χ4v) is 1.49. The van der Waals surface area contributed by atoms with Crippen LogP contribution in [0.2, 0.25) is 0 Å². The Hall–Kier alpha value is -2.19. The number of hydrogen-bond acceptors (Lipinski definition) is 5. The summed E-state index contributed by atoms with van der Waals surface area (Å²) in [5.41, 5.74) is 0.367. The number of aromatic nitrogens is 1. The summed E-state index contributed by atoms with van der Waals surface area (Å²) in [5, 5.41) is 14.0. The maximum absolute atomic E-state index is 11.6. The minimum absolute atomic E-state index is 0.0688. The van der Waals surface area contributed by atoms with Crippen molar-refractivity contribution in [3.63, 3.8) is 0 Å². The molecular weight excluding hydrogens is 276 g/mol. The van der Waals surface area contributed by atoms with Gasteiger partial charge in [-0.1, -0.05) is 0 Å². The van der Waals surface area contributed by atoms with Gasteiger partial charge in [-0.2, -0.15) is 0 Å². The number of carboxylic acids is 1. The van der Waals surface area contributed by atoms with E-state index in [1.54, 1.807) is 7.11 Å². The van der Waals surface area contributed by atoms with Gasteiger partial charge < -0.3 is 25.4 Å². The average Bonchev–Trinajstić information content (AvgIpc) is 2.45. The molecule has 8 nitrogen and oxygen atoms in total. The molecule has 2 amide bonds. The van der Waals surface area contributed by atoms with Crippen LogP contribution < -0.4 is 10.6 Å². The van der Waals surface area contributed by atoms with E-state index in [1.165, 1.54) is 18.3 Å². The Morgan fingerprint density at radius 2 is 2.14 bits per heavy atom. The molecule has 8 heteroatoms. The monoisotopic (exact) mass is 296 g/mol. The summed E-state index contributed by atoms with van der Waals surface area (Å²) in [5.74, 6) is -1.11. The molecule has 0 saturated carbocycles. The van der Waals surface area contributed by atoms with Crippen molar-refractivity contribution in [1.29, 1.82) is 0 Å². The zero-order valence-corrected chi connectivity index (χ0v) is 12.1. The number of pyridine rings is 1. The Kier molecular flexibility index (Phi) is 7.13. The zero-order valence-electron chi connectivity index (χ0n) is 12.1. The van der Waals surface area contributed by atoms with Crippen molar-refractivity contribution in [2.24, 2.45) is 0 Å². The van der Waals surface area contributed by atoms with E-state index in [4.69, 9.17) is 9.84 Å². The quantitative estimate of drug-likeness (QED) is 0.644. The van der Waals surface area contributed by atoms with E-state index in [-0.39, 0.29) is 11.7 Å². The molecule has 3 N–H and O–H groups in total. The first-order valence-corrected chi connectivity index (χ1v) is 6.44. The third kappa shape index (κ3) is 6.68. The standard InChI is InChI=1S/C13H20N4O4/c1-17(7-8-21-2)6-5-14-13(20)16-10-3-4-11(12(18)19)15-9-10/h3-4,9H,5-8H2,1-2H3,(H,18,19)(H2,14,16,20). The second-order valence-electron chi connectivity index (χ2n) is 4.41. The predicted octanol–water partition coefficient (Wildman–Crippen LogP) is 0.480. The van der Waals surface area contributed by atoms with Gasteiger partial charge in [-0.05, 0) is 19.2 Å². The van der Waals surface area contributed by atoms with Crippen molar-refractivity contribution in [1.82, 2.24) is 15.2 Å². The lowest BCUT2D eigenvalue weighted by molar-refractivity contribution is 0.0690. The highest BCUT2D eigenvalue weighted by Crippen LogP contribution is 2.05. The molecule has 0 aliphatic carbocycles. The van der Waals surface area contributed by atoms with Crippen LogP contribution in [0.5, 0.6) is 0 Å². The van der Waals surface area contributed by atoms with Crippen molar-refractivity contribution in [2.75, 3.05) is 45.7 Å². The molecule has 0 spiro atoms. The number of nitrogens with one attached hydrogen (secondary N) is 2. The van der Waals surface area contributed by atoms with E-state index in [0.717, 1.165) is 6.54 Å². The number of carbonyl (C=O) groups is 2. The fourth-order valence-electron chi connectivity index (χ4n) is 1.49. The second-order valence-corrected chi connectivity index (χ2v) is 4.41.